The molecule has 4 aromatic rings. The number of hydrogen-bond acceptors (Lipinski definition) is 6. The molecule has 0 bridgehead atoms. The van der Waals surface area contributed by atoms with E-state index in [1.807, 2.05) is 42.5 Å². The van der Waals surface area contributed by atoms with Gasteiger partial charge in [-0.15, -0.1) is 0 Å². The van der Waals surface area contributed by atoms with Crippen LogP contribution in [-0.4, -0.2) is 26.3 Å². The molecule has 0 atom stereocenters. The number of rotatable bonds is 5. The maximum Gasteiger partial charge on any atom is 0.297 e. The molecule has 1 aromatic heterocycles. The third-order valence-corrected chi connectivity index (χ3v) is 5.98. The van der Waals surface area contributed by atoms with E-state index in [0.29, 0.717) is 22.0 Å². The van der Waals surface area contributed by atoms with Gasteiger partial charge >= 0.3 is 0 Å². The Morgan fingerprint density at radius 2 is 1.54 bits per heavy atom. The van der Waals surface area contributed by atoms with Crippen LogP contribution in [0.15, 0.2) is 100 Å². The molecule has 9 heteroatoms. The summed E-state index contributed by atoms with van der Waals surface area (Å²) in [7, 11) is 1.48. The summed E-state index contributed by atoms with van der Waals surface area (Å²) in [5.74, 6) is -0.0214. The fourth-order valence-electron chi connectivity index (χ4n) is 3.83. The Bertz CT molecular complexity index is 1650. The zero-order valence-corrected chi connectivity index (χ0v) is 20.3. The highest BCUT2D eigenvalue weighted by atomic mass is 35.5. The Hall–Kier alpha value is -5.00. The Labute approximate surface area is 217 Å². The van der Waals surface area contributed by atoms with E-state index in [1.165, 1.54) is 16.6 Å². The lowest BCUT2D eigenvalue weighted by Gasteiger charge is -2.21. The Morgan fingerprint density at radius 3 is 2.16 bits per heavy atom. The number of nitriles is 1. The highest BCUT2D eigenvalue weighted by molar-refractivity contribution is 6.30. The van der Waals surface area contributed by atoms with Crippen LogP contribution in [0.2, 0.25) is 5.02 Å². The van der Waals surface area contributed by atoms with Crippen LogP contribution in [0, 0.1) is 11.3 Å². The first-order valence-electron chi connectivity index (χ1n) is 11.3. The Kier molecular flexibility index (Phi) is 6.37. The van der Waals surface area contributed by atoms with Gasteiger partial charge in [0, 0.05) is 23.2 Å². The van der Waals surface area contributed by atoms with Gasteiger partial charge < -0.3 is 0 Å². The fourth-order valence-corrected chi connectivity index (χ4v) is 3.95. The van der Waals surface area contributed by atoms with Crippen molar-refractivity contribution in [2.24, 2.45) is 12.0 Å². The summed E-state index contributed by atoms with van der Waals surface area (Å²) in [6.07, 6.45) is 1.66. The first kappa shape index (κ1) is 23.7. The van der Waals surface area contributed by atoms with Crippen molar-refractivity contribution in [2.45, 2.75) is 0 Å². The summed E-state index contributed by atoms with van der Waals surface area (Å²) in [6, 6.07) is 27.1. The first-order valence-corrected chi connectivity index (χ1v) is 11.6. The summed E-state index contributed by atoms with van der Waals surface area (Å²) in [5, 5.41) is 11.5. The lowest BCUT2D eigenvalue weighted by molar-refractivity contribution is -0.121. The molecule has 37 heavy (non-hydrogen) atoms. The SMILES string of the molecule is Cn1c(NN2C(=O)C(=Cc3ccc(Cl)cc3)N=C2c2ccccc2)nc(-c2ccccc2)c(C#N)c1=O. The highest BCUT2D eigenvalue weighted by Crippen LogP contribution is 2.25. The summed E-state index contributed by atoms with van der Waals surface area (Å²) in [5.41, 5.74) is 4.79. The number of amides is 1. The number of nitrogens with zero attached hydrogens (tertiary/aromatic N) is 5. The monoisotopic (exact) mass is 506 g/mol. The van der Waals surface area contributed by atoms with Crippen molar-refractivity contribution in [1.82, 2.24) is 14.6 Å². The normalized spacial score (nSPS) is 14.0. The topological polar surface area (TPSA) is 103 Å². The number of anilines is 1. The molecule has 0 saturated heterocycles. The van der Waals surface area contributed by atoms with Crippen molar-refractivity contribution in [3.8, 4) is 17.3 Å². The van der Waals surface area contributed by atoms with Gasteiger partial charge in [0.1, 0.15) is 17.3 Å². The quantitative estimate of drug-likeness (QED) is 0.397. The molecule has 2 heterocycles. The maximum absolute atomic E-state index is 13.5. The molecule has 0 saturated carbocycles. The smallest absolute Gasteiger partial charge is 0.279 e. The predicted molar refractivity (Wildman–Crippen MR) is 143 cm³/mol. The second kappa shape index (κ2) is 9.93. The number of carbonyl (C=O) groups excluding carboxylic acids is 1. The van der Waals surface area contributed by atoms with Crippen LogP contribution >= 0.6 is 11.6 Å². The van der Waals surface area contributed by atoms with Crippen LogP contribution in [-0.2, 0) is 11.8 Å². The summed E-state index contributed by atoms with van der Waals surface area (Å²) < 4.78 is 1.20. The number of hydrogen-bond donors (Lipinski definition) is 1. The van der Waals surface area contributed by atoms with Crippen LogP contribution in [0.25, 0.3) is 17.3 Å². The van der Waals surface area contributed by atoms with Gasteiger partial charge in [-0.25, -0.2) is 9.98 Å². The maximum atomic E-state index is 13.5. The lowest BCUT2D eigenvalue weighted by Crippen LogP contribution is -2.40. The first-order chi connectivity index (χ1) is 18.0. The van der Waals surface area contributed by atoms with Gasteiger partial charge in [-0.05, 0) is 23.8 Å². The molecule has 1 amide bonds. The second-order valence-corrected chi connectivity index (χ2v) is 8.57. The molecule has 5 rings (SSSR count). The third kappa shape index (κ3) is 4.63. The molecular formula is C28H19ClN6O2. The van der Waals surface area contributed by atoms with E-state index < -0.39 is 11.5 Å². The molecule has 1 aliphatic rings. The van der Waals surface area contributed by atoms with E-state index >= 15 is 0 Å². The van der Waals surface area contributed by atoms with Crippen molar-refractivity contribution < 1.29 is 4.79 Å². The number of aromatic nitrogens is 2. The number of amidine groups is 1. The van der Waals surface area contributed by atoms with Gasteiger partial charge in [-0.1, -0.05) is 84.4 Å². The van der Waals surface area contributed by atoms with E-state index in [4.69, 9.17) is 11.6 Å². The summed E-state index contributed by atoms with van der Waals surface area (Å²) in [4.78, 5) is 35.7. The minimum Gasteiger partial charge on any atom is -0.279 e. The average Bonchev–Trinajstić information content (AvgIpc) is 3.23. The van der Waals surface area contributed by atoms with Crippen molar-refractivity contribution in [3.05, 3.63) is 123 Å². The van der Waals surface area contributed by atoms with E-state index in [1.54, 1.807) is 54.6 Å². The van der Waals surface area contributed by atoms with Crippen molar-refractivity contribution >= 4 is 35.4 Å². The lowest BCUT2D eigenvalue weighted by atomic mass is 10.1. The van der Waals surface area contributed by atoms with Gasteiger partial charge in [-0.3, -0.25) is 19.6 Å². The van der Waals surface area contributed by atoms with Gasteiger partial charge in [0.2, 0.25) is 5.95 Å². The van der Waals surface area contributed by atoms with Crippen molar-refractivity contribution in [2.75, 3.05) is 5.43 Å². The third-order valence-electron chi connectivity index (χ3n) is 5.73. The molecule has 1 aliphatic heterocycles. The van der Waals surface area contributed by atoms with Crippen LogP contribution in [0.5, 0.6) is 0 Å². The predicted octanol–water partition coefficient (Wildman–Crippen LogP) is 4.63. The van der Waals surface area contributed by atoms with Gasteiger partial charge in [0.05, 0.1) is 5.69 Å². The zero-order valence-electron chi connectivity index (χ0n) is 19.6. The van der Waals surface area contributed by atoms with E-state index in [-0.39, 0.29) is 22.9 Å². The van der Waals surface area contributed by atoms with Crippen LogP contribution in [0.3, 0.4) is 0 Å². The molecule has 8 nitrogen and oxygen atoms in total. The largest absolute Gasteiger partial charge is 0.297 e. The van der Waals surface area contributed by atoms with Crippen LogP contribution in [0.4, 0.5) is 5.95 Å². The molecule has 0 fully saturated rings. The van der Waals surface area contributed by atoms with Crippen molar-refractivity contribution in [3.63, 3.8) is 0 Å². The summed E-state index contributed by atoms with van der Waals surface area (Å²) in [6.45, 7) is 0. The molecule has 1 N–H and O–H groups in total. The number of halogens is 1. The minimum absolute atomic E-state index is 0.0765. The standard InChI is InChI=1S/C28H19ClN6O2/c1-34-26(36)22(17-30)24(19-8-4-2-5-9-19)32-28(34)33-35-25(20-10-6-3-7-11-20)31-23(27(35)37)16-18-12-14-21(29)15-13-18/h2-16H,1H3,(H,32,33). The Balaban J connectivity index is 1.60. The van der Waals surface area contributed by atoms with E-state index in [2.05, 4.69) is 15.4 Å². The minimum atomic E-state index is -0.541. The number of nitrogens with one attached hydrogen (secondary N) is 1. The highest BCUT2D eigenvalue weighted by Gasteiger charge is 2.33. The molecule has 0 unspecified atom stereocenters. The fraction of sp³-hybridized carbons (Fsp3) is 0.0357. The number of hydrazine groups is 1. The summed E-state index contributed by atoms with van der Waals surface area (Å²) >= 11 is 5.99. The number of benzene rings is 3. The van der Waals surface area contributed by atoms with E-state index in [9.17, 15) is 14.9 Å². The van der Waals surface area contributed by atoms with E-state index in [0.717, 1.165) is 5.56 Å². The zero-order chi connectivity index (χ0) is 25.9. The second-order valence-electron chi connectivity index (χ2n) is 8.14. The molecule has 3 aromatic carbocycles. The Morgan fingerprint density at radius 1 is 0.919 bits per heavy atom. The average molecular weight is 507 g/mol. The number of carbonyl (C=O) groups is 1. The molecule has 180 valence electrons. The van der Waals surface area contributed by atoms with Gasteiger partial charge in [0.15, 0.2) is 5.84 Å². The van der Waals surface area contributed by atoms with Gasteiger partial charge in [0.25, 0.3) is 11.5 Å². The van der Waals surface area contributed by atoms with Gasteiger partial charge in [-0.2, -0.15) is 10.3 Å². The molecular weight excluding hydrogens is 488 g/mol. The molecule has 0 spiro atoms. The van der Waals surface area contributed by atoms with Crippen molar-refractivity contribution in [1.29, 1.82) is 5.26 Å². The van der Waals surface area contributed by atoms with Crippen LogP contribution < -0.4 is 11.0 Å². The molecule has 0 aliphatic carbocycles. The number of aliphatic imine (C=N–C) groups is 1. The molecule has 0 radical (unpaired) electrons. The van der Waals surface area contributed by atoms with Crippen LogP contribution in [0.1, 0.15) is 16.7 Å².